The molecule has 1 aromatic rings. The lowest BCUT2D eigenvalue weighted by molar-refractivity contribution is -0.384. The van der Waals surface area contributed by atoms with E-state index in [1.165, 1.54) is 18.9 Å². The number of aromatic nitrogens is 1. The minimum Gasteiger partial charge on any atom is -0.378 e. The fourth-order valence-corrected chi connectivity index (χ4v) is 2.25. The minimum atomic E-state index is -0.524. The lowest BCUT2D eigenvalue weighted by Gasteiger charge is -2.17. The predicted octanol–water partition coefficient (Wildman–Crippen LogP) is 2.17. The Balaban J connectivity index is 2.12. The highest BCUT2D eigenvalue weighted by Crippen LogP contribution is 2.28. The molecule has 0 aliphatic heterocycles. The number of anilines is 2. The normalized spacial score (nSPS) is 23.6. The van der Waals surface area contributed by atoms with Gasteiger partial charge in [-0.3, -0.25) is 10.1 Å². The quantitative estimate of drug-likeness (QED) is 0.619. The summed E-state index contributed by atoms with van der Waals surface area (Å²) >= 11 is 0. The Bertz CT molecular complexity index is 435. The van der Waals surface area contributed by atoms with Crippen molar-refractivity contribution in [2.24, 2.45) is 5.92 Å². The van der Waals surface area contributed by atoms with Crippen molar-refractivity contribution >= 4 is 17.3 Å². The average molecular weight is 236 g/mol. The number of pyridine rings is 1. The van der Waals surface area contributed by atoms with Gasteiger partial charge in [-0.15, -0.1) is 0 Å². The summed E-state index contributed by atoms with van der Waals surface area (Å²) in [5.41, 5.74) is 5.39. The molecule has 0 bridgehead atoms. The second-order valence-corrected chi connectivity index (χ2v) is 4.52. The predicted molar refractivity (Wildman–Crippen MR) is 65.7 cm³/mol. The Kier molecular flexibility index (Phi) is 3.12. The molecule has 1 saturated carbocycles. The molecule has 6 heteroatoms. The maximum absolute atomic E-state index is 10.6. The molecule has 1 heterocycles. The molecule has 0 saturated heterocycles. The molecule has 0 amide bonds. The van der Waals surface area contributed by atoms with E-state index < -0.39 is 4.92 Å². The highest BCUT2D eigenvalue weighted by Gasteiger charge is 2.24. The van der Waals surface area contributed by atoms with E-state index in [-0.39, 0.29) is 11.5 Å². The molecule has 1 aliphatic carbocycles. The Labute approximate surface area is 99.4 Å². The topological polar surface area (TPSA) is 94.1 Å². The van der Waals surface area contributed by atoms with Crippen molar-refractivity contribution in [1.82, 2.24) is 4.98 Å². The SMILES string of the molecule is CC1CCCC1Nc1ccc([N+](=O)[O-])c(N)n1. The zero-order valence-electron chi connectivity index (χ0n) is 9.72. The summed E-state index contributed by atoms with van der Waals surface area (Å²) < 4.78 is 0. The van der Waals surface area contributed by atoms with E-state index in [2.05, 4.69) is 17.2 Å². The van der Waals surface area contributed by atoms with Crippen molar-refractivity contribution < 1.29 is 4.92 Å². The van der Waals surface area contributed by atoms with Gasteiger partial charge in [0.1, 0.15) is 5.82 Å². The summed E-state index contributed by atoms with van der Waals surface area (Å²) in [5.74, 6) is 1.19. The number of hydrogen-bond donors (Lipinski definition) is 2. The fourth-order valence-electron chi connectivity index (χ4n) is 2.25. The number of nitro groups is 1. The van der Waals surface area contributed by atoms with Crippen LogP contribution in [-0.4, -0.2) is 15.9 Å². The van der Waals surface area contributed by atoms with Gasteiger partial charge in [0.05, 0.1) is 4.92 Å². The van der Waals surface area contributed by atoms with Gasteiger partial charge < -0.3 is 11.1 Å². The standard InChI is InChI=1S/C11H16N4O2/c1-7-3-2-4-8(7)13-10-6-5-9(15(16)17)11(12)14-10/h5-8H,2-4H2,1H3,(H3,12,13,14). The third-order valence-corrected chi connectivity index (χ3v) is 3.29. The van der Waals surface area contributed by atoms with Crippen LogP contribution in [-0.2, 0) is 0 Å². The molecule has 3 N–H and O–H groups in total. The smallest absolute Gasteiger partial charge is 0.311 e. The first-order valence-corrected chi connectivity index (χ1v) is 5.75. The van der Waals surface area contributed by atoms with Crippen LogP contribution in [0.15, 0.2) is 12.1 Å². The third-order valence-electron chi connectivity index (χ3n) is 3.29. The zero-order valence-corrected chi connectivity index (χ0v) is 9.72. The Morgan fingerprint density at radius 2 is 2.29 bits per heavy atom. The van der Waals surface area contributed by atoms with Crippen LogP contribution in [0.1, 0.15) is 26.2 Å². The second-order valence-electron chi connectivity index (χ2n) is 4.52. The Morgan fingerprint density at radius 3 is 2.82 bits per heavy atom. The first-order chi connectivity index (χ1) is 8.08. The number of nitrogens with one attached hydrogen (secondary N) is 1. The van der Waals surface area contributed by atoms with Crippen molar-refractivity contribution in [2.45, 2.75) is 32.2 Å². The van der Waals surface area contributed by atoms with Crippen LogP contribution in [0.3, 0.4) is 0 Å². The molecule has 6 nitrogen and oxygen atoms in total. The van der Waals surface area contributed by atoms with Crippen LogP contribution in [0, 0.1) is 16.0 Å². The Hall–Kier alpha value is -1.85. The molecule has 1 aromatic heterocycles. The zero-order chi connectivity index (χ0) is 12.4. The molecule has 1 fully saturated rings. The van der Waals surface area contributed by atoms with Gasteiger partial charge in [-0.25, -0.2) is 4.98 Å². The number of rotatable bonds is 3. The van der Waals surface area contributed by atoms with E-state index in [9.17, 15) is 10.1 Å². The van der Waals surface area contributed by atoms with Crippen LogP contribution in [0.4, 0.5) is 17.3 Å². The highest BCUT2D eigenvalue weighted by atomic mass is 16.6. The summed E-state index contributed by atoms with van der Waals surface area (Å²) in [4.78, 5) is 14.1. The average Bonchev–Trinajstić information content (AvgIpc) is 2.64. The molecule has 2 atom stereocenters. The van der Waals surface area contributed by atoms with Crippen molar-refractivity contribution in [3.05, 3.63) is 22.2 Å². The van der Waals surface area contributed by atoms with Crippen LogP contribution in [0.2, 0.25) is 0 Å². The monoisotopic (exact) mass is 236 g/mol. The van der Waals surface area contributed by atoms with Crippen LogP contribution < -0.4 is 11.1 Å². The molecule has 0 aromatic carbocycles. The maximum Gasteiger partial charge on any atom is 0.311 e. The molecule has 92 valence electrons. The summed E-state index contributed by atoms with van der Waals surface area (Å²) in [5, 5.41) is 13.9. The van der Waals surface area contributed by atoms with E-state index >= 15 is 0 Å². The number of nitrogen functional groups attached to an aromatic ring is 1. The molecular weight excluding hydrogens is 220 g/mol. The minimum absolute atomic E-state index is 0.0364. The van der Waals surface area contributed by atoms with Gasteiger partial charge in [-0.05, 0) is 24.8 Å². The van der Waals surface area contributed by atoms with Crippen molar-refractivity contribution in [3.63, 3.8) is 0 Å². The Morgan fingerprint density at radius 1 is 1.53 bits per heavy atom. The van der Waals surface area contributed by atoms with Crippen LogP contribution >= 0.6 is 0 Å². The summed E-state index contributed by atoms with van der Waals surface area (Å²) in [6.45, 7) is 2.19. The van der Waals surface area contributed by atoms with Gasteiger partial charge in [0.25, 0.3) is 0 Å². The molecule has 0 spiro atoms. The lowest BCUT2D eigenvalue weighted by Crippen LogP contribution is -2.22. The van der Waals surface area contributed by atoms with Crippen molar-refractivity contribution in [1.29, 1.82) is 0 Å². The van der Waals surface area contributed by atoms with Gasteiger partial charge in [-0.1, -0.05) is 13.3 Å². The largest absolute Gasteiger partial charge is 0.378 e. The first kappa shape index (κ1) is 11.6. The maximum atomic E-state index is 10.6. The van der Waals surface area contributed by atoms with Crippen LogP contribution in [0.5, 0.6) is 0 Å². The van der Waals surface area contributed by atoms with E-state index in [0.717, 1.165) is 6.42 Å². The van der Waals surface area contributed by atoms with Gasteiger partial charge in [0.15, 0.2) is 0 Å². The summed E-state index contributed by atoms with van der Waals surface area (Å²) in [7, 11) is 0. The lowest BCUT2D eigenvalue weighted by atomic mass is 10.1. The summed E-state index contributed by atoms with van der Waals surface area (Å²) in [6, 6.07) is 3.40. The van der Waals surface area contributed by atoms with E-state index in [1.807, 2.05) is 0 Å². The second kappa shape index (κ2) is 4.57. The summed E-state index contributed by atoms with van der Waals surface area (Å²) in [6.07, 6.45) is 3.53. The molecule has 17 heavy (non-hydrogen) atoms. The molecule has 2 unspecified atom stereocenters. The van der Waals surface area contributed by atoms with E-state index in [0.29, 0.717) is 17.8 Å². The van der Waals surface area contributed by atoms with E-state index in [1.54, 1.807) is 6.07 Å². The van der Waals surface area contributed by atoms with Crippen LogP contribution in [0.25, 0.3) is 0 Å². The van der Waals surface area contributed by atoms with Gasteiger partial charge in [0.2, 0.25) is 5.82 Å². The van der Waals surface area contributed by atoms with E-state index in [4.69, 9.17) is 5.73 Å². The van der Waals surface area contributed by atoms with Gasteiger partial charge in [-0.2, -0.15) is 0 Å². The third kappa shape index (κ3) is 2.46. The first-order valence-electron chi connectivity index (χ1n) is 5.75. The molecule has 1 aliphatic rings. The van der Waals surface area contributed by atoms with Crippen molar-refractivity contribution in [2.75, 3.05) is 11.1 Å². The number of nitrogens with two attached hydrogens (primary N) is 1. The highest BCUT2D eigenvalue weighted by molar-refractivity contribution is 5.57. The number of nitrogens with zero attached hydrogens (tertiary/aromatic N) is 2. The molecule has 2 rings (SSSR count). The number of hydrogen-bond acceptors (Lipinski definition) is 5. The molecule has 0 radical (unpaired) electrons. The van der Waals surface area contributed by atoms with Gasteiger partial charge >= 0.3 is 5.69 Å². The fraction of sp³-hybridized carbons (Fsp3) is 0.545. The van der Waals surface area contributed by atoms with Gasteiger partial charge in [0, 0.05) is 12.1 Å². The van der Waals surface area contributed by atoms with Crippen molar-refractivity contribution in [3.8, 4) is 0 Å². The molecular formula is C11H16N4O2.